The predicted molar refractivity (Wildman–Crippen MR) is 72.1 cm³/mol. The van der Waals surface area contributed by atoms with Crippen LogP contribution >= 0.6 is 0 Å². The number of nitrogens with two attached hydrogens (primary N) is 1. The molecule has 0 heterocycles. The van der Waals surface area contributed by atoms with Crippen molar-refractivity contribution in [2.45, 2.75) is 13.8 Å². The first-order valence-electron chi connectivity index (χ1n) is 5.82. The minimum Gasteiger partial charge on any atom is -0.457 e. The molecule has 0 aromatic heterocycles. The molecule has 2 aromatic carbocycles. The second-order valence-corrected chi connectivity index (χ2v) is 4.32. The quantitative estimate of drug-likeness (QED) is 0.675. The Kier molecular flexibility index (Phi) is 3.51. The Balaban J connectivity index is 2.36. The van der Waals surface area contributed by atoms with Gasteiger partial charge in [0, 0.05) is 17.3 Å². The van der Waals surface area contributed by atoms with E-state index in [2.05, 4.69) is 0 Å². The standard InChI is InChI=1S/C15H14FNO2/c1-9-3-4-11(16)7-15(9)19-12-5-6-14(17)13(8-12)10(2)18/h3-8H,17H2,1-2H3. The number of ketones is 1. The van der Waals surface area contributed by atoms with Crippen LogP contribution in [0.15, 0.2) is 36.4 Å². The molecule has 0 saturated heterocycles. The number of hydrogen-bond acceptors (Lipinski definition) is 3. The molecular formula is C15H14FNO2. The number of hydrogen-bond donors (Lipinski definition) is 1. The molecule has 0 radical (unpaired) electrons. The van der Waals surface area contributed by atoms with Crippen LogP contribution in [0.5, 0.6) is 11.5 Å². The molecule has 0 bridgehead atoms. The summed E-state index contributed by atoms with van der Waals surface area (Å²) in [4.78, 5) is 11.4. The summed E-state index contributed by atoms with van der Waals surface area (Å²) in [5.41, 5.74) is 7.30. The first-order valence-corrected chi connectivity index (χ1v) is 5.82. The lowest BCUT2D eigenvalue weighted by Crippen LogP contribution is -2.00. The number of rotatable bonds is 3. The molecule has 0 atom stereocenters. The number of anilines is 1. The Morgan fingerprint density at radius 3 is 2.63 bits per heavy atom. The van der Waals surface area contributed by atoms with Crippen LogP contribution in [0.4, 0.5) is 10.1 Å². The van der Waals surface area contributed by atoms with Crippen molar-refractivity contribution >= 4 is 11.5 Å². The fraction of sp³-hybridized carbons (Fsp3) is 0.133. The molecule has 0 spiro atoms. The number of Topliss-reactive ketones (excluding diaryl/α,β-unsaturated/α-hetero) is 1. The van der Waals surface area contributed by atoms with E-state index in [9.17, 15) is 9.18 Å². The summed E-state index contributed by atoms with van der Waals surface area (Å²) >= 11 is 0. The molecular weight excluding hydrogens is 245 g/mol. The minimum atomic E-state index is -0.372. The molecule has 0 aliphatic rings. The predicted octanol–water partition coefficient (Wildman–Crippen LogP) is 3.71. The molecule has 2 rings (SSSR count). The molecule has 0 aliphatic heterocycles. The van der Waals surface area contributed by atoms with Crippen LogP contribution in [0.25, 0.3) is 0 Å². The molecule has 2 aromatic rings. The van der Waals surface area contributed by atoms with Gasteiger partial charge in [-0.05, 0) is 43.7 Å². The average Bonchev–Trinajstić information content (AvgIpc) is 2.36. The Morgan fingerprint density at radius 1 is 1.21 bits per heavy atom. The molecule has 0 fully saturated rings. The van der Waals surface area contributed by atoms with Crippen LogP contribution in [-0.2, 0) is 0 Å². The van der Waals surface area contributed by atoms with Crippen molar-refractivity contribution in [1.29, 1.82) is 0 Å². The first kappa shape index (κ1) is 13.1. The van der Waals surface area contributed by atoms with Gasteiger partial charge < -0.3 is 10.5 Å². The van der Waals surface area contributed by atoms with Crippen molar-refractivity contribution in [2.24, 2.45) is 0 Å². The molecule has 3 nitrogen and oxygen atoms in total. The highest BCUT2D eigenvalue weighted by atomic mass is 19.1. The van der Waals surface area contributed by atoms with Gasteiger partial charge in [0.1, 0.15) is 17.3 Å². The van der Waals surface area contributed by atoms with E-state index < -0.39 is 0 Å². The summed E-state index contributed by atoms with van der Waals surface area (Å²) in [6.07, 6.45) is 0. The van der Waals surface area contributed by atoms with Gasteiger partial charge in [-0.1, -0.05) is 6.07 Å². The van der Waals surface area contributed by atoms with Gasteiger partial charge >= 0.3 is 0 Å². The molecule has 0 amide bonds. The second kappa shape index (κ2) is 5.10. The molecule has 0 aliphatic carbocycles. The largest absolute Gasteiger partial charge is 0.457 e. The summed E-state index contributed by atoms with van der Waals surface area (Å²) in [7, 11) is 0. The molecule has 98 valence electrons. The van der Waals surface area contributed by atoms with Gasteiger partial charge in [-0.2, -0.15) is 0 Å². The van der Waals surface area contributed by atoms with Crippen molar-refractivity contribution in [3.05, 3.63) is 53.3 Å². The number of halogens is 1. The highest BCUT2D eigenvalue weighted by Crippen LogP contribution is 2.28. The maximum absolute atomic E-state index is 13.2. The topological polar surface area (TPSA) is 52.3 Å². The van der Waals surface area contributed by atoms with E-state index in [4.69, 9.17) is 10.5 Å². The van der Waals surface area contributed by atoms with Crippen LogP contribution in [0.2, 0.25) is 0 Å². The Labute approximate surface area is 110 Å². The molecule has 4 heteroatoms. The number of ether oxygens (including phenoxy) is 1. The van der Waals surface area contributed by atoms with Crippen LogP contribution < -0.4 is 10.5 Å². The third-order valence-corrected chi connectivity index (χ3v) is 2.78. The summed E-state index contributed by atoms with van der Waals surface area (Å²) in [5, 5.41) is 0. The van der Waals surface area contributed by atoms with E-state index in [0.29, 0.717) is 22.7 Å². The zero-order valence-electron chi connectivity index (χ0n) is 10.7. The van der Waals surface area contributed by atoms with Crippen LogP contribution in [0.3, 0.4) is 0 Å². The third kappa shape index (κ3) is 2.91. The molecule has 0 saturated carbocycles. The molecule has 19 heavy (non-hydrogen) atoms. The van der Waals surface area contributed by atoms with E-state index in [1.807, 2.05) is 6.92 Å². The van der Waals surface area contributed by atoms with Crippen molar-refractivity contribution < 1.29 is 13.9 Å². The van der Waals surface area contributed by atoms with Crippen molar-refractivity contribution in [2.75, 3.05) is 5.73 Å². The lowest BCUT2D eigenvalue weighted by Gasteiger charge is -2.10. The normalized spacial score (nSPS) is 10.3. The average molecular weight is 259 g/mol. The first-order chi connectivity index (χ1) is 8.97. The number of carbonyl (C=O) groups is 1. The van der Waals surface area contributed by atoms with Gasteiger partial charge in [0.05, 0.1) is 0 Å². The monoisotopic (exact) mass is 259 g/mol. The fourth-order valence-electron chi connectivity index (χ4n) is 1.71. The van der Waals surface area contributed by atoms with E-state index in [0.717, 1.165) is 5.56 Å². The smallest absolute Gasteiger partial charge is 0.162 e. The number of nitrogen functional groups attached to an aromatic ring is 1. The maximum Gasteiger partial charge on any atom is 0.162 e. The Morgan fingerprint density at radius 2 is 1.95 bits per heavy atom. The summed E-state index contributed by atoms with van der Waals surface area (Å²) < 4.78 is 18.8. The number of benzene rings is 2. The minimum absolute atomic E-state index is 0.140. The zero-order chi connectivity index (χ0) is 14.0. The summed E-state index contributed by atoms with van der Waals surface area (Å²) in [5.74, 6) is 0.356. The van der Waals surface area contributed by atoms with E-state index in [1.54, 1.807) is 24.3 Å². The zero-order valence-corrected chi connectivity index (χ0v) is 10.7. The van der Waals surface area contributed by atoms with E-state index >= 15 is 0 Å². The van der Waals surface area contributed by atoms with Crippen molar-refractivity contribution in [1.82, 2.24) is 0 Å². The third-order valence-electron chi connectivity index (χ3n) is 2.78. The van der Waals surface area contributed by atoms with Gasteiger partial charge in [-0.25, -0.2) is 4.39 Å². The van der Waals surface area contributed by atoms with Gasteiger partial charge in [0.15, 0.2) is 5.78 Å². The van der Waals surface area contributed by atoms with Crippen LogP contribution in [-0.4, -0.2) is 5.78 Å². The Bertz CT molecular complexity index is 638. The van der Waals surface area contributed by atoms with E-state index in [-0.39, 0.29) is 11.6 Å². The lowest BCUT2D eigenvalue weighted by molar-refractivity contribution is 0.101. The molecule has 0 unspecified atom stereocenters. The van der Waals surface area contributed by atoms with Crippen molar-refractivity contribution in [3.8, 4) is 11.5 Å². The second-order valence-electron chi connectivity index (χ2n) is 4.32. The van der Waals surface area contributed by atoms with Gasteiger partial charge in [0.2, 0.25) is 0 Å². The highest BCUT2D eigenvalue weighted by Gasteiger charge is 2.08. The number of aryl methyl sites for hydroxylation is 1. The van der Waals surface area contributed by atoms with Crippen molar-refractivity contribution in [3.63, 3.8) is 0 Å². The highest BCUT2D eigenvalue weighted by molar-refractivity contribution is 5.99. The molecule has 2 N–H and O–H groups in total. The van der Waals surface area contributed by atoms with Gasteiger partial charge in [-0.15, -0.1) is 0 Å². The van der Waals surface area contributed by atoms with Crippen LogP contribution in [0.1, 0.15) is 22.8 Å². The van der Waals surface area contributed by atoms with Gasteiger partial charge in [-0.3, -0.25) is 4.79 Å². The lowest BCUT2D eigenvalue weighted by atomic mass is 10.1. The summed E-state index contributed by atoms with van der Waals surface area (Å²) in [6.45, 7) is 3.25. The fourth-order valence-corrected chi connectivity index (χ4v) is 1.71. The SMILES string of the molecule is CC(=O)c1cc(Oc2cc(F)ccc2C)ccc1N. The van der Waals surface area contributed by atoms with E-state index in [1.165, 1.54) is 19.1 Å². The number of carbonyl (C=O) groups excluding carboxylic acids is 1. The Hall–Kier alpha value is -2.36. The van der Waals surface area contributed by atoms with Crippen LogP contribution in [0, 0.1) is 12.7 Å². The summed E-state index contributed by atoms with van der Waals surface area (Å²) in [6, 6.07) is 9.11. The van der Waals surface area contributed by atoms with Gasteiger partial charge in [0.25, 0.3) is 0 Å². The maximum atomic E-state index is 13.2.